The third-order valence-corrected chi connectivity index (χ3v) is 12.4. The van der Waals surface area contributed by atoms with E-state index in [-0.39, 0.29) is 46.3 Å². The van der Waals surface area contributed by atoms with Crippen LogP contribution < -0.4 is 15.5 Å². The van der Waals surface area contributed by atoms with Gasteiger partial charge >= 0.3 is 13.1 Å². The van der Waals surface area contributed by atoms with Gasteiger partial charge in [0.2, 0.25) is 0 Å². The van der Waals surface area contributed by atoms with Gasteiger partial charge in [0.15, 0.2) is 18.2 Å². The number of ether oxygens (including phenoxy) is 2. The average molecular weight is 630 g/mol. The number of fused-ring (bicyclic) bond motifs is 3. The van der Waals surface area contributed by atoms with Crippen LogP contribution >= 0.6 is 0 Å². The molecule has 4 aliphatic rings. The first-order chi connectivity index (χ1) is 21.4. The highest BCUT2D eigenvalue weighted by atomic mass is 19.1. The molecule has 2 aliphatic heterocycles. The van der Waals surface area contributed by atoms with E-state index in [4.69, 9.17) is 14.1 Å². The summed E-state index contributed by atoms with van der Waals surface area (Å²) in [5, 5.41) is 26.0. The number of ketones is 1. The number of rotatable bonds is 7. The second-order valence-corrected chi connectivity index (χ2v) is 15.0. The summed E-state index contributed by atoms with van der Waals surface area (Å²) in [7, 11) is -1.36. The van der Waals surface area contributed by atoms with Crippen LogP contribution in [0.25, 0.3) is 0 Å². The summed E-state index contributed by atoms with van der Waals surface area (Å²) in [5.74, 6) is -1.04. The predicted octanol–water partition coefficient (Wildman–Crippen LogP) is 4.85. The molecule has 0 radical (unpaired) electrons. The zero-order valence-corrected chi connectivity index (χ0v) is 27.7. The number of benzene rings is 1. The number of aliphatic hydroxyl groups excluding tert-OH is 1. The third kappa shape index (κ3) is 7.00. The minimum atomic E-state index is -1.36. The summed E-state index contributed by atoms with van der Waals surface area (Å²) < 4.78 is 32.4. The fourth-order valence-electron chi connectivity index (χ4n) is 9.17. The molecule has 0 unspecified atom stereocenters. The number of carbonyl (C=O) groups excluding carboxylic acids is 2. The van der Waals surface area contributed by atoms with E-state index in [9.17, 15) is 19.7 Å². The smallest absolute Gasteiger partial charge is 0.479 e. The molecule has 2 aliphatic carbocycles. The van der Waals surface area contributed by atoms with Gasteiger partial charge in [-0.15, -0.1) is 0 Å². The predicted molar refractivity (Wildman–Crippen MR) is 170 cm³/mol. The maximum atomic E-state index is 15.2. The number of Topliss-reactive ketones (excluding diaryl/α,β-unsaturated/α-hetero) is 1. The lowest BCUT2D eigenvalue weighted by molar-refractivity contribution is -0.200. The van der Waals surface area contributed by atoms with Gasteiger partial charge in [0.05, 0.1) is 12.7 Å². The Balaban J connectivity index is 1.45. The number of nitrogens with one attached hydrogen (secondary N) is 1. The van der Waals surface area contributed by atoms with Crippen LogP contribution in [-0.2, 0) is 25.6 Å². The van der Waals surface area contributed by atoms with Crippen LogP contribution in [0.4, 0.5) is 4.39 Å². The van der Waals surface area contributed by atoms with E-state index in [2.05, 4.69) is 26.1 Å². The van der Waals surface area contributed by atoms with Crippen molar-refractivity contribution in [3.8, 4) is 5.75 Å². The molecule has 2 saturated carbocycles. The number of aliphatic hydroxyl groups is 1. The van der Waals surface area contributed by atoms with Crippen molar-refractivity contribution in [2.45, 2.75) is 124 Å². The normalized spacial score (nSPS) is 35.7. The quantitative estimate of drug-likeness (QED) is 0.290. The molecule has 1 spiro atoms. The monoisotopic (exact) mass is 629 g/mol. The minimum Gasteiger partial charge on any atom is -0.479 e. The lowest BCUT2D eigenvalue weighted by Gasteiger charge is -2.61. The van der Waals surface area contributed by atoms with Crippen LogP contribution in [0, 0.1) is 33.9 Å². The van der Waals surface area contributed by atoms with Gasteiger partial charge in [0.25, 0.3) is 0 Å². The molecule has 5 rings (SSSR count). The van der Waals surface area contributed by atoms with Crippen LogP contribution in [0.1, 0.15) is 110 Å². The Morgan fingerprint density at radius 1 is 1.13 bits per heavy atom. The van der Waals surface area contributed by atoms with E-state index < -0.39 is 43.1 Å². The Morgan fingerprint density at radius 3 is 2.69 bits per heavy atom. The fourth-order valence-corrected chi connectivity index (χ4v) is 9.17. The molecule has 7 atom stereocenters. The largest absolute Gasteiger partial charge is 0.494 e. The number of carbonyl (C=O) groups is 2. The van der Waals surface area contributed by atoms with Crippen LogP contribution in [0.5, 0.6) is 5.75 Å². The summed E-state index contributed by atoms with van der Waals surface area (Å²) >= 11 is 0. The minimum absolute atomic E-state index is 0.00582. The lowest BCUT2D eigenvalue weighted by Crippen LogP contribution is -2.59. The molecule has 250 valence electrons. The molecular formula is C35H53BFNO7. The molecule has 8 nitrogen and oxygen atoms in total. The molecule has 2 bridgehead atoms. The van der Waals surface area contributed by atoms with Gasteiger partial charge in [-0.2, -0.15) is 0 Å². The number of hydrogen-bond acceptors (Lipinski definition) is 8. The first-order valence-corrected chi connectivity index (χ1v) is 17.2. The van der Waals surface area contributed by atoms with Gasteiger partial charge in [-0.3, -0.25) is 0 Å². The van der Waals surface area contributed by atoms with Crippen molar-refractivity contribution in [2.75, 3.05) is 19.7 Å². The fraction of sp³-hybridized carbons (Fsp3) is 0.771. The van der Waals surface area contributed by atoms with Crippen LogP contribution in [0.15, 0.2) is 12.1 Å². The summed E-state index contributed by atoms with van der Waals surface area (Å²) in [6.07, 6.45) is 9.29. The highest BCUT2D eigenvalue weighted by Gasteiger charge is 2.60. The van der Waals surface area contributed by atoms with E-state index in [1.165, 1.54) is 6.07 Å². The first kappa shape index (κ1) is 34.3. The topological polar surface area (TPSA) is 114 Å². The van der Waals surface area contributed by atoms with Crippen molar-refractivity contribution in [1.29, 1.82) is 0 Å². The van der Waals surface area contributed by atoms with Gasteiger partial charge in [0, 0.05) is 22.7 Å². The van der Waals surface area contributed by atoms with Gasteiger partial charge in [0.1, 0.15) is 11.9 Å². The number of halogens is 1. The molecule has 3 N–H and O–H groups in total. The van der Waals surface area contributed by atoms with Gasteiger partial charge in [-0.1, -0.05) is 46.1 Å². The maximum Gasteiger partial charge on any atom is 0.494 e. The molecule has 2 heterocycles. The maximum absolute atomic E-state index is 15.2. The van der Waals surface area contributed by atoms with Gasteiger partial charge < -0.3 is 34.4 Å². The Morgan fingerprint density at radius 2 is 1.91 bits per heavy atom. The molecule has 0 aromatic heterocycles. The average Bonchev–Trinajstić information content (AvgIpc) is 3.40. The first-order valence-electron chi connectivity index (χ1n) is 17.2. The Hall–Kier alpha value is -2.01. The standard InChI is InChI=1S/C35H53BFNO7/c1-23-11-14-35(15-12-24(2)39)22-33(23,4)28(19-34(32(41)25(35)3)13-7-5-6-8-17-38-18-16-34)45-29(40)21-43-27-10-9-26-20-44-36(42)30(26)31(27)37/h9-10,23,25,28,32,38,41-42H,5-8,11-22H2,1-4H3/t23-,25+,28-,32+,33+,34-,35-/m1/s1. The van der Waals surface area contributed by atoms with Crippen molar-refractivity contribution in [3.63, 3.8) is 0 Å². The molecule has 1 saturated heterocycles. The Kier molecular flexibility index (Phi) is 10.7. The van der Waals surface area contributed by atoms with Crippen LogP contribution in [0.2, 0.25) is 0 Å². The highest BCUT2D eigenvalue weighted by Crippen LogP contribution is 2.63. The van der Waals surface area contributed by atoms with Crippen molar-refractivity contribution in [2.24, 2.45) is 28.1 Å². The second-order valence-electron chi connectivity index (χ2n) is 15.0. The highest BCUT2D eigenvalue weighted by molar-refractivity contribution is 6.61. The molecular weight excluding hydrogens is 576 g/mol. The third-order valence-electron chi connectivity index (χ3n) is 12.4. The molecule has 1 aromatic carbocycles. The molecule has 0 amide bonds. The van der Waals surface area contributed by atoms with Crippen LogP contribution in [-0.4, -0.2) is 60.9 Å². The van der Waals surface area contributed by atoms with E-state index in [0.29, 0.717) is 24.8 Å². The number of esters is 1. The van der Waals surface area contributed by atoms with E-state index in [1.54, 1.807) is 13.0 Å². The van der Waals surface area contributed by atoms with Crippen molar-refractivity contribution >= 4 is 24.3 Å². The van der Waals surface area contributed by atoms with Crippen molar-refractivity contribution < 1.29 is 38.2 Å². The van der Waals surface area contributed by atoms with E-state index in [1.807, 2.05) is 0 Å². The number of hydrogen-bond donors (Lipinski definition) is 3. The molecule has 3 fully saturated rings. The zero-order valence-electron chi connectivity index (χ0n) is 27.7. The molecule has 1 aromatic rings. The van der Waals surface area contributed by atoms with Gasteiger partial charge in [-0.25, -0.2) is 9.18 Å². The Bertz CT molecular complexity index is 1220. The Labute approximate surface area is 268 Å². The zero-order chi connectivity index (χ0) is 32.4. The van der Waals surface area contributed by atoms with Gasteiger partial charge in [-0.05, 0) is 100 Å². The van der Waals surface area contributed by atoms with E-state index >= 15 is 4.39 Å². The summed E-state index contributed by atoms with van der Waals surface area (Å²) in [5.41, 5.74) is -0.496. The van der Waals surface area contributed by atoms with Crippen molar-refractivity contribution in [1.82, 2.24) is 5.32 Å². The molecule has 45 heavy (non-hydrogen) atoms. The lowest BCUT2D eigenvalue weighted by atomic mass is 9.46. The van der Waals surface area contributed by atoms with E-state index in [0.717, 1.165) is 70.9 Å². The summed E-state index contributed by atoms with van der Waals surface area (Å²) in [6, 6.07) is 3.08. The second kappa shape index (κ2) is 14.0. The SMILES string of the molecule is CC(=O)CC[C@]12CC[C@@H](C)[C@](C)(C1)[C@H](OC(=O)COc1ccc3c(c1F)B(O)OC3)C[C@]1(CCCCCCNCC1)[C@@H](O)[C@@H]2C. The van der Waals surface area contributed by atoms with Crippen molar-refractivity contribution in [3.05, 3.63) is 23.5 Å². The van der Waals surface area contributed by atoms with Crippen LogP contribution in [0.3, 0.4) is 0 Å². The summed E-state index contributed by atoms with van der Waals surface area (Å²) in [6.45, 7) is 9.69. The molecule has 10 heteroatoms. The summed E-state index contributed by atoms with van der Waals surface area (Å²) in [4.78, 5) is 25.9.